The number of aromatic nitrogens is 4. The third kappa shape index (κ3) is 4.88. The second-order valence-corrected chi connectivity index (χ2v) is 8.33. The minimum absolute atomic E-state index is 0.0954. The highest BCUT2D eigenvalue weighted by molar-refractivity contribution is 6.36. The Morgan fingerprint density at radius 3 is 2.78 bits per heavy atom. The van der Waals surface area contributed by atoms with Gasteiger partial charge in [-0.3, -0.25) is 0 Å². The molecule has 4 rings (SSSR count). The number of methoxy groups -OCH3 is 1. The van der Waals surface area contributed by atoms with Crippen molar-refractivity contribution in [3.8, 4) is 12.1 Å². The number of halogens is 1. The van der Waals surface area contributed by atoms with Crippen molar-refractivity contribution < 1.29 is 14.6 Å². The van der Waals surface area contributed by atoms with E-state index in [0.717, 1.165) is 0 Å². The number of hydrogen-bond donors (Lipinski definition) is 4. The largest absolute Gasteiger partial charge is 0.453 e. The molecule has 3 heterocycles. The van der Waals surface area contributed by atoms with Crippen molar-refractivity contribution >= 4 is 46.5 Å². The summed E-state index contributed by atoms with van der Waals surface area (Å²) < 4.78 is 6.08. The van der Waals surface area contributed by atoms with Crippen molar-refractivity contribution in [2.45, 2.75) is 25.5 Å². The summed E-state index contributed by atoms with van der Waals surface area (Å²) in [6, 6.07) is 6.83. The summed E-state index contributed by atoms with van der Waals surface area (Å²) in [5.41, 5.74) is 1.69. The molecule has 186 valence electrons. The van der Waals surface area contributed by atoms with Gasteiger partial charge in [-0.15, -0.1) is 5.10 Å². The van der Waals surface area contributed by atoms with Gasteiger partial charge in [0.25, 0.3) is 0 Å². The molecule has 1 amide bonds. The molecule has 0 spiro atoms. The molecular formula is C22H23ClN10O3. The van der Waals surface area contributed by atoms with Gasteiger partial charge < -0.3 is 30.7 Å². The van der Waals surface area contributed by atoms with Crippen LogP contribution in [0, 0.1) is 22.7 Å². The van der Waals surface area contributed by atoms with Crippen LogP contribution in [0.2, 0.25) is 5.02 Å². The Balaban J connectivity index is 1.64. The highest BCUT2D eigenvalue weighted by Gasteiger charge is 2.31. The van der Waals surface area contributed by atoms with Gasteiger partial charge in [0.05, 0.1) is 60.0 Å². The number of aliphatic hydroxyl groups is 1. The number of nitrogens with zero attached hydrogens (tertiary/aromatic N) is 7. The lowest BCUT2D eigenvalue weighted by molar-refractivity contribution is 0.0504. The first-order valence-corrected chi connectivity index (χ1v) is 11.4. The molecule has 1 aliphatic heterocycles. The number of piperidine rings is 1. The number of β-amino-alcohol motifs (C(OH)–C–C–N with tert-alkyl or cyclic N) is 1. The number of imidazole rings is 1. The van der Waals surface area contributed by atoms with Crippen molar-refractivity contribution in [2.75, 3.05) is 42.7 Å². The van der Waals surface area contributed by atoms with E-state index in [9.17, 15) is 20.4 Å². The van der Waals surface area contributed by atoms with Crippen molar-refractivity contribution in [3.05, 3.63) is 34.6 Å². The Labute approximate surface area is 211 Å². The molecule has 13 nitrogen and oxygen atoms in total. The number of rotatable bonds is 6. The molecule has 4 N–H and O–H groups in total. The number of carbonyl (C=O) groups excluding carboxylic acids is 1. The van der Waals surface area contributed by atoms with E-state index in [1.165, 1.54) is 22.7 Å². The number of aliphatic hydroxyl groups excluding tert-OH is 1. The van der Waals surface area contributed by atoms with Crippen LogP contribution in [-0.4, -0.2) is 74.6 Å². The molecule has 14 heteroatoms. The molecule has 1 aromatic carbocycles. The first kappa shape index (κ1) is 24.8. The summed E-state index contributed by atoms with van der Waals surface area (Å²) in [5, 5.41) is 43.4. The maximum atomic E-state index is 11.8. The average molecular weight is 511 g/mol. The number of nitriles is 2. The van der Waals surface area contributed by atoms with E-state index in [2.05, 4.69) is 37.1 Å². The number of anilines is 4. The van der Waals surface area contributed by atoms with E-state index in [1.807, 2.05) is 13.0 Å². The quantitative estimate of drug-likeness (QED) is 0.382. The van der Waals surface area contributed by atoms with Gasteiger partial charge in [0.15, 0.2) is 17.2 Å². The molecule has 1 saturated heterocycles. The zero-order valence-electron chi connectivity index (χ0n) is 19.5. The minimum Gasteiger partial charge on any atom is -0.453 e. The molecular weight excluding hydrogens is 488 g/mol. The molecule has 3 aromatic rings. The smallest absolute Gasteiger partial charge is 0.409 e. The normalized spacial score (nSPS) is 17.2. The second-order valence-electron chi connectivity index (χ2n) is 7.95. The number of likely N-dealkylation sites (tertiary alicyclic amines) is 1. The summed E-state index contributed by atoms with van der Waals surface area (Å²) in [6.45, 7) is 2.94. The van der Waals surface area contributed by atoms with Crippen molar-refractivity contribution in [1.82, 2.24) is 24.5 Å². The fraction of sp³-hybridized carbons (Fsp3) is 0.364. The van der Waals surface area contributed by atoms with Crippen molar-refractivity contribution in [1.29, 1.82) is 10.5 Å². The molecule has 2 atom stereocenters. The van der Waals surface area contributed by atoms with Crippen LogP contribution in [0.5, 0.6) is 0 Å². The molecule has 1 fully saturated rings. The van der Waals surface area contributed by atoms with E-state index in [0.29, 0.717) is 47.9 Å². The van der Waals surface area contributed by atoms with Gasteiger partial charge in [-0.2, -0.15) is 20.0 Å². The van der Waals surface area contributed by atoms with Crippen LogP contribution >= 0.6 is 11.6 Å². The zero-order valence-corrected chi connectivity index (χ0v) is 20.2. The fourth-order valence-corrected chi connectivity index (χ4v) is 4.11. The predicted molar refractivity (Wildman–Crippen MR) is 131 cm³/mol. The monoisotopic (exact) mass is 510 g/mol. The fourth-order valence-electron chi connectivity index (χ4n) is 3.90. The van der Waals surface area contributed by atoms with Gasteiger partial charge in [0, 0.05) is 13.1 Å². The number of carbonyl (C=O) groups is 1. The van der Waals surface area contributed by atoms with Gasteiger partial charge >= 0.3 is 6.09 Å². The standard InChI is InChI=1S/C22H23ClN10O3/c1-3-26-19-20-27-10-13(9-25)33(20)31-21(30-19)29-16-7-12(8-24)6-15(18(16)23)28-14-4-5-32(11-17(14)34)22(35)36-2/h6-7,10,14,17,28,34H,3-5,11H2,1-2H3,(H2,26,29,30,31)/t14-,17-/m1/s1. The molecule has 0 radical (unpaired) electrons. The van der Waals surface area contributed by atoms with Gasteiger partial charge in [-0.1, -0.05) is 11.6 Å². The van der Waals surface area contributed by atoms with E-state index >= 15 is 0 Å². The average Bonchev–Trinajstić information content (AvgIpc) is 3.30. The summed E-state index contributed by atoms with van der Waals surface area (Å²) in [6.07, 6.45) is 0.455. The van der Waals surface area contributed by atoms with Crippen molar-refractivity contribution in [3.63, 3.8) is 0 Å². The Bertz CT molecular complexity index is 1380. The van der Waals surface area contributed by atoms with E-state index in [-0.39, 0.29) is 23.2 Å². The summed E-state index contributed by atoms with van der Waals surface area (Å²) in [5.74, 6) is 0.546. The number of benzene rings is 1. The van der Waals surface area contributed by atoms with Crippen LogP contribution in [0.4, 0.5) is 27.9 Å². The van der Waals surface area contributed by atoms with Gasteiger partial charge in [-0.25, -0.2) is 9.78 Å². The number of fused-ring (bicyclic) bond motifs is 1. The van der Waals surface area contributed by atoms with Gasteiger partial charge in [0.2, 0.25) is 5.95 Å². The first-order valence-electron chi connectivity index (χ1n) is 11.1. The van der Waals surface area contributed by atoms with Crippen LogP contribution in [0.25, 0.3) is 5.65 Å². The van der Waals surface area contributed by atoms with Crippen LogP contribution in [-0.2, 0) is 4.74 Å². The highest BCUT2D eigenvalue weighted by Crippen LogP contribution is 2.35. The second kappa shape index (κ2) is 10.5. The van der Waals surface area contributed by atoms with Crippen LogP contribution < -0.4 is 16.0 Å². The molecule has 36 heavy (non-hydrogen) atoms. The lowest BCUT2D eigenvalue weighted by Gasteiger charge is -2.36. The Morgan fingerprint density at radius 2 is 2.11 bits per heavy atom. The number of nitrogens with one attached hydrogen (secondary N) is 3. The van der Waals surface area contributed by atoms with Crippen LogP contribution in [0.1, 0.15) is 24.6 Å². The number of hydrogen-bond acceptors (Lipinski definition) is 11. The van der Waals surface area contributed by atoms with Crippen LogP contribution in [0.15, 0.2) is 18.3 Å². The SMILES string of the molecule is CCNc1nc(Nc2cc(C#N)cc(N[C@@H]3CCN(C(=O)OC)C[C@H]3O)c2Cl)nn2c(C#N)cnc12. The summed E-state index contributed by atoms with van der Waals surface area (Å²) >= 11 is 6.67. The third-order valence-corrected chi connectivity index (χ3v) is 6.03. The maximum absolute atomic E-state index is 11.8. The molecule has 0 unspecified atom stereocenters. The van der Waals surface area contributed by atoms with Crippen LogP contribution in [0.3, 0.4) is 0 Å². The lowest BCUT2D eigenvalue weighted by atomic mass is 10.0. The van der Waals surface area contributed by atoms with Gasteiger partial charge in [-0.05, 0) is 25.5 Å². The molecule has 1 aliphatic rings. The molecule has 0 aliphatic carbocycles. The predicted octanol–water partition coefficient (Wildman–Crippen LogP) is 2.31. The topological polar surface area (TPSA) is 177 Å². The lowest BCUT2D eigenvalue weighted by Crippen LogP contribution is -2.51. The summed E-state index contributed by atoms with van der Waals surface area (Å²) in [4.78, 5) is 21.8. The molecule has 2 aromatic heterocycles. The maximum Gasteiger partial charge on any atom is 0.409 e. The molecule has 0 saturated carbocycles. The van der Waals surface area contributed by atoms with E-state index in [4.69, 9.17) is 16.3 Å². The highest BCUT2D eigenvalue weighted by atomic mass is 35.5. The Morgan fingerprint density at radius 1 is 1.33 bits per heavy atom. The molecule has 0 bridgehead atoms. The zero-order chi connectivity index (χ0) is 25.8. The number of ether oxygens (including phenoxy) is 1. The number of amides is 1. The summed E-state index contributed by atoms with van der Waals surface area (Å²) in [7, 11) is 1.29. The Kier molecular flexibility index (Phi) is 7.24. The van der Waals surface area contributed by atoms with E-state index in [1.54, 1.807) is 12.1 Å². The Hall–Kier alpha value is -4.33. The third-order valence-electron chi connectivity index (χ3n) is 5.62. The minimum atomic E-state index is -0.880. The van der Waals surface area contributed by atoms with E-state index < -0.39 is 18.2 Å². The van der Waals surface area contributed by atoms with Crippen molar-refractivity contribution in [2.24, 2.45) is 0 Å². The van der Waals surface area contributed by atoms with Gasteiger partial charge in [0.1, 0.15) is 6.07 Å². The first-order chi connectivity index (χ1) is 17.4.